The molecule has 2 aromatic carbocycles. The number of benzene rings is 2. The van der Waals surface area contributed by atoms with Crippen molar-refractivity contribution < 1.29 is 23.5 Å². The highest BCUT2D eigenvalue weighted by atomic mass is 16.5. The van der Waals surface area contributed by atoms with E-state index >= 15 is 0 Å². The topological polar surface area (TPSA) is 76.8 Å². The summed E-state index contributed by atoms with van der Waals surface area (Å²) >= 11 is 0. The van der Waals surface area contributed by atoms with E-state index in [4.69, 9.17) is 9.15 Å². The van der Waals surface area contributed by atoms with Crippen LogP contribution in [-0.2, 0) is 14.3 Å². The first kappa shape index (κ1) is 21.9. The van der Waals surface area contributed by atoms with Crippen molar-refractivity contribution in [1.29, 1.82) is 0 Å². The van der Waals surface area contributed by atoms with Gasteiger partial charge in [-0.25, -0.2) is 4.79 Å². The van der Waals surface area contributed by atoms with Crippen molar-refractivity contribution in [2.75, 3.05) is 11.5 Å². The fourth-order valence-electron chi connectivity index (χ4n) is 4.99. The molecule has 2 unspecified atom stereocenters. The smallest absolute Gasteiger partial charge is 0.338 e. The summed E-state index contributed by atoms with van der Waals surface area (Å²) in [5, 5.41) is 0. The monoisotopic (exact) mass is 455 g/mol. The van der Waals surface area contributed by atoms with Gasteiger partial charge in [0.1, 0.15) is 5.76 Å². The van der Waals surface area contributed by atoms with Gasteiger partial charge in [-0.2, -0.15) is 0 Å². The molecular formula is C28H25NO5. The highest BCUT2D eigenvalue weighted by molar-refractivity contribution is 6.08. The van der Waals surface area contributed by atoms with E-state index in [1.54, 1.807) is 48.4 Å². The van der Waals surface area contributed by atoms with E-state index in [9.17, 15) is 14.4 Å². The van der Waals surface area contributed by atoms with Gasteiger partial charge in [0.05, 0.1) is 24.4 Å². The van der Waals surface area contributed by atoms with Crippen molar-refractivity contribution in [1.82, 2.24) is 0 Å². The Balaban J connectivity index is 1.58. The number of amides is 1. The third-order valence-corrected chi connectivity index (χ3v) is 6.52. The Morgan fingerprint density at radius 1 is 0.971 bits per heavy atom. The van der Waals surface area contributed by atoms with Crippen molar-refractivity contribution in [3.63, 3.8) is 0 Å². The Morgan fingerprint density at radius 3 is 2.41 bits per heavy atom. The van der Waals surface area contributed by atoms with Crippen LogP contribution in [0.4, 0.5) is 5.69 Å². The minimum absolute atomic E-state index is 0.0168. The molecule has 0 saturated carbocycles. The van der Waals surface area contributed by atoms with E-state index in [0.29, 0.717) is 47.7 Å². The van der Waals surface area contributed by atoms with Crippen LogP contribution in [0.25, 0.3) is 0 Å². The van der Waals surface area contributed by atoms with Gasteiger partial charge in [0.25, 0.3) is 0 Å². The van der Waals surface area contributed by atoms with Gasteiger partial charge < -0.3 is 9.15 Å². The summed E-state index contributed by atoms with van der Waals surface area (Å²) in [6, 6.07) is 20.3. The molecule has 6 heteroatoms. The van der Waals surface area contributed by atoms with Crippen LogP contribution in [0.15, 0.2) is 88.7 Å². The molecule has 5 rings (SSSR count). The molecule has 1 amide bonds. The molecule has 0 spiro atoms. The molecule has 0 saturated heterocycles. The zero-order valence-corrected chi connectivity index (χ0v) is 18.9. The second kappa shape index (κ2) is 9.14. The lowest BCUT2D eigenvalue weighted by molar-refractivity contribution is -0.120. The van der Waals surface area contributed by atoms with Gasteiger partial charge in [0.2, 0.25) is 5.91 Å². The maximum atomic E-state index is 13.5. The van der Waals surface area contributed by atoms with Gasteiger partial charge in [-0.3, -0.25) is 14.5 Å². The third kappa shape index (κ3) is 3.96. The Kier molecular flexibility index (Phi) is 5.88. The zero-order chi connectivity index (χ0) is 23.7. The van der Waals surface area contributed by atoms with E-state index in [1.165, 1.54) is 0 Å². The quantitative estimate of drug-likeness (QED) is 0.483. The molecule has 0 bridgehead atoms. The number of allylic oxidation sites excluding steroid dienone is 2. The van der Waals surface area contributed by atoms with Gasteiger partial charge in [-0.1, -0.05) is 30.3 Å². The van der Waals surface area contributed by atoms with Gasteiger partial charge in [-0.15, -0.1) is 0 Å². The first-order chi connectivity index (χ1) is 16.6. The molecule has 6 nitrogen and oxygen atoms in total. The number of nitrogens with zero attached hydrogens (tertiary/aromatic N) is 1. The summed E-state index contributed by atoms with van der Waals surface area (Å²) in [7, 11) is 0. The Morgan fingerprint density at radius 2 is 1.74 bits per heavy atom. The Labute approximate surface area is 197 Å². The van der Waals surface area contributed by atoms with E-state index < -0.39 is 11.9 Å². The lowest BCUT2D eigenvalue weighted by atomic mass is 9.74. The van der Waals surface area contributed by atoms with E-state index in [-0.39, 0.29) is 24.0 Å². The van der Waals surface area contributed by atoms with Crippen molar-refractivity contribution in [2.45, 2.75) is 38.0 Å². The predicted molar refractivity (Wildman–Crippen MR) is 126 cm³/mol. The number of rotatable bonds is 5. The van der Waals surface area contributed by atoms with Gasteiger partial charge in [0, 0.05) is 29.8 Å². The predicted octanol–water partition coefficient (Wildman–Crippen LogP) is 5.38. The minimum Gasteiger partial charge on any atom is -0.469 e. The standard InChI is InChI=1S/C28H25NO5/c1-2-33-28(32)19-10-12-21(13-11-19)29-23-15-20(18-7-4-3-5-8-18)16-24(30)27(23)22(17-26(29)31)25-9-6-14-34-25/h3-14,20,22H,2,15-17H2,1H3. The number of carbonyl (C=O) groups excluding carboxylic acids is 3. The maximum absolute atomic E-state index is 13.5. The molecule has 2 atom stereocenters. The molecule has 1 aliphatic heterocycles. The van der Waals surface area contributed by atoms with Crippen LogP contribution in [-0.4, -0.2) is 24.3 Å². The number of hydrogen-bond donors (Lipinski definition) is 0. The van der Waals surface area contributed by atoms with Crippen molar-refractivity contribution in [3.05, 3.63) is 101 Å². The van der Waals surface area contributed by atoms with E-state index in [2.05, 4.69) is 0 Å². The molecule has 0 N–H and O–H groups in total. The lowest BCUT2D eigenvalue weighted by Gasteiger charge is -2.40. The molecule has 172 valence electrons. The highest BCUT2D eigenvalue weighted by Crippen LogP contribution is 2.47. The number of carbonyl (C=O) groups is 3. The number of hydrogen-bond acceptors (Lipinski definition) is 5. The van der Waals surface area contributed by atoms with Crippen LogP contribution < -0.4 is 4.90 Å². The molecule has 34 heavy (non-hydrogen) atoms. The first-order valence-electron chi connectivity index (χ1n) is 11.5. The summed E-state index contributed by atoms with van der Waals surface area (Å²) in [6.45, 7) is 2.05. The van der Waals surface area contributed by atoms with Crippen LogP contribution in [0.1, 0.15) is 59.7 Å². The number of esters is 1. The summed E-state index contributed by atoms with van der Waals surface area (Å²) in [4.78, 5) is 40.7. The average Bonchev–Trinajstić information content (AvgIpc) is 3.39. The minimum atomic E-state index is -0.409. The molecule has 3 aromatic rings. The van der Waals surface area contributed by atoms with E-state index in [0.717, 1.165) is 5.56 Å². The zero-order valence-electron chi connectivity index (χ0n) is 18.9. The summed E-state index contributed by atoms with van der Waals surface area (Å²) in [5.41, 5.74) is 3.49. The summed E-state index contributed by atoms with van der Waals surface area (Å²) < 4.78 is 10.7. The fraction of sp³-hybridized carbons (Fsp3) is 0.250. The van der Waals surface area contributed by atoms with Crippen LogP contribution in [0.2, 0.25) is 0 Å². The van der Waals surface area contributed by atoms with Crippen LogP contribution in [0.3, 0.4) is 0 Å². The Bertz CT molecular complexity index is 1240. The molecule has 0 radical (unpaired) electrons. The van der Waals surface area contributed by atoms with Crippen molar-refractivity contribution >= 4 is 23.3 Å². The molecule has 1 aromatic heterocycles. The highest BCUT2D eigenvalue weighted by Gasteiger charge is 2.43. The molecule has 0 fully saturated rings. The van der Waals surface area contributed by atoms with Crippen molar-refractivity contribution in [2.24, 2.45) is 0 Å². The third-order valence-electron chi connectivity index (χ3n) is 6.52. The maximum Gasteiger partial charge on any atom is 0.338 e. The molecule has 2 aliphatic rings. The van der Waals surface area contributed by atoms with Gasteiger partial charge >= 0.3 is 5.97 Å². The summed E-state index contributed by atoms with van der Waals surface area (Å²) in [5.74, 6) is -0.255. The van der Waals surface area contributed by atoms with Gasteiger partial charge in [-0.05, 0) is 61.2 Å². The second-order valence-corrected chi connectivity index (χ2v) is 8.57. The number of ketones is 1. The molecular weight excluding hydrogens is 430 g/mol. The van der Waals surface area contributed by atoms with Crippen LogP contribution in [0.5, 0.6) is 0 Å². The number of Topliss-reactive ketones (excluding diaryl/α,β-unsaturated/α-hetero) is 1. The SMILES string of the molecule is CCOC(=O)c1ccc(N2C(=O)CC(c3ccco3)C3=C2CC(c2ccccc2)CC3=O)cc1. The first-order valence-corrected chi connectivity index (χ1v) is 11.5. The fourth-order valence-corrected chi connectivity index (χ4v) is 4.99. The normalized spacial score (nSPS) is 20.3. The largest absolute Gasteiger partial charge is 0.469 e. The average molecular weight is 456 g/mol. The van der Waals surface area contributed by atoms with Crippen LogP contribution in [0, 0.1) is 0 Å². The van der Waals surface area contributed by atoms with Crippen LogP contribution >= 0.6 is 0 Å². The van der Waals surface area contributed by atoms with Crippen molar-refractivity contribution in [3.8, 4) is 0 Å². The molecule has 1 aliphatic carbocycles. The lowest BCUT2D eigenvalue weighted by Crippen LogP contribution is -2.41. The number of anilines is 1. The van der Waals surface area contributed by atoms with Gasteiger partial charge in [0.15, 0.2) is 5.78 Å². The number of ether oxygens (including phenoxy) is 1. The summed E-state index contributed by atoms with van der Waals surface area (Å²) in [6.07, 6.45) is 2.67. The van der Waals surface area contributed by atoms with E-state index in [1.807, 2.05) is 36.4 Å². The Hall–Kier alpha value is -3.93. The molecule has 2 heterocycles. The second-order valence-electron chi connectivity index (χ2n) is 8.57. The number of furan rings is 1.